The highest BCUT2D eigenvalue weighted by Crippen LogP contribution is 2.24. The van der Waals surface area contributed by atoms with Gasteiger partial charge in [-0.3, -0.25) is 9.59 Å². The molecule has 2 aromatic rings. The summed E-state index contributed by atoms with van der Waals surface area (Å²) in [5.41, 5.74) is 1.94. The number of esters is 1. The lowest BCUT2D eigenvalue weighted by molar-refractivity contribution is -0.142. The van der Waals surface area contributed by atoms with Crippen LogP contribution in [0, 0.1) is 0 Å². The Morgan fingerprint density at radius 3 is 2.58 bits per heavy atom. The molecule has 0 aliphatic carbocycles. The molecule has 1 aromatic carbocycles. The summed E-state index contributed by atoms with van der Waals surface area (Å²) < 4.78 is 9.64. The third kappa shape index (κ3) is 5.34. The van der Waals surface area contributed by atoms with E-state index in [1.807, 2.05) is 29.6 Å². The van der Waals surface area contributed by atoms with Gasteiger partial charge in [0, 0.05) is 30.3 Å². The van der Waals surface area contributed by atoms with Crippen molar-refractivity contribution in [1.29, 1.82) is 0 Å². The van der Waals surface area contributed by atoms with E-state index in [4.69, 9.17) is 4.74 Å². The Morgan fingerprint density at radius 2 is 1.92 bits per heavy atom. The molecule has 6 nitrogen and oxygen atoms in total. The molecule has 0 unspecified atom stereocenters. The minimum absolute atomic E-state index is 0.0984. The van der Waals surface area contributed by atoms with Gasteiger partial charge in [0.25, 0.3) is 0 Å². The van der Waals surface area contributed by atoms with Crippen molar-refractivity contribution in [1.82, 2.24) is 10.3 Å². The van der Waals surface area contributed by atoms with Crippen LogP contribution in [0.2, 0.25) is 0 Å². The van der Waals surface area contributed by atoms with Crippen LogP contribution in [0.4, 0.5) is 0 Å². The normalized spacial score (nSPS) is 10.2. The predicted octanol–water partition coefficient (Wildman–Crippen LogP) is 2.43. The van der Waals surface area contributed by atoms with Gasteiger partial charge in [-0.15, -0.1) is 11.3 Å². The summed E-state index contributed by atoms with van der Waals surface area (Å²) in [5.74, 6) is 0.269. The lowest BCUT2D eigenvalue weighted by atomic mass is 10.2. The van der Waals surface area contributed by atoms with Crippen LogP contribution in [0.5, 0.6) is 5.75 Å². The molecule has 128 valence electrons. The number of rotatable bonds is 8. The average molecular weight is 348 g/mol. The lowest BCUT2D eigenvalue weighted by Gasteiger charge is -2.03. The van der Waals surface area contributed by atoms with Crippen molar-refractivity contribution >= 4 is 23.2 Å². The molecular formula is C17H20N2O4S. The number of methoxy groups -OCH3 is 2. The van der Waals surface area contributed by atoms with E-state index in [0.717, 1.165) is 22.0 Å². The van der Waals surface area contributed by atoms with Crippen molar-refractivity contribution in [3.05, 3.63) is 34.7 Å². The van der Waals surface area contributed by atoms with E-state index >= 15 is 0 Å². The summed E-state index contributed by atoms with van der Waals surface area (Å²) in [6.07, 6.45) is 0.896. The van der Waals surface area contributed by atoms with E-state index in [9.17, 15) is 9.59 Å². The number of thiazole rings is 1. The first-order valence-electron chi connectivity index (χ1n) is 7.54. The lowest BCUT2D eigenvalue weighted by Crippen LogP contribution is -2.26. The molecule has 1 N–H and O–H groups in total. The SMILES string of the molecule is COC(=O)CCC(=O)NCCc1nc(-c2ccc(OC)cc2)cs1. The fraction of sp³-hybridized carbons (Fsp3) is 0.353. The number of nitrogens with zero attached hydrogens (tertiary/aromatic N) is 1. The quantitative estimate of drug-likeness (QED) is 0.742. The first kappa shape index (κ1) is 17.9. The maximum atomic E-state index is 11.6. The van der Waals surface area contributed by atoms with Crippen LogP contribution < -0.4 is 10.1 Å². The molecule has 0 atom stereocenters. The number of nitrogens with one attached hydrogen (secondary N) is 1. The van der Waals surface area contributed by atoms with Gasteiger partial charge in [0.1, 0.15) is 5.75 Å². The fourth-order valence-corrected chi connectivity index (χ4v) is 2.84. The molecule has 0 radical (unpaired) electrons. The van der Waals surface area contributed by atoms with Gasteiger partial charge in [-0.25, -0.2) is 4.98 Å². The largest absolute Gasteiger partial charge is 0.497 e. The first-order chi connectivity index (χ1) is 11.6. The number of amides is 1. The second-order valence-electron chi connectivity index (χ2n) is 5.03. The fourth-order valence-electron chi connectivity index (χ4n) is 2.03. The Bertz CT molecular complexity index is 682. The van der Waals surface area contributed by atoms with Gasteiger partial charge in [0.05, 0.1) is 31.3 Å². The topological polar surface area (TPSA) is 77.5 Å². The zero-order valence-corrected chi connectivity index (χ0v) is 14.5. The maximum absolute atomic E-state index is 11.6. The van der Waals surface area contributed by atoms with Crippen molar-refractivity contribution in [2.24, 2.45) is 0 Å². The average Bonchev–Trinajstić information content (AvgIpc) is 3.08. The summed E-state index contributed by atoms with van der Waals surface area (Å²) in [4.78, 5) is 27.1. The van der Waals surface area contributed by atoms with Crippen LogP contribution >= 0.6 is 11.3 Å². The number of hydrogen-bond acceptors (Lipinski definition) is 6. The molecule has 0 fully saturated rings. The van der Waals surface area contributed by atoms with Crippen LogP contribution in [0.3, 0.4) is 0 Å². The van der Waals surface area contributed by atoms with Gasteiger partial charge in [-0.1, -0.05) is 0 Å². The molecule has 0 bridgehead atoms. The van der Waals surface area contributed by atoms with Gasteiger partial charge >= 0.3 is 5.97 Å². The van der Waals surface area contributed by atoms with Gasteiger partial charge < -0.3 is 14.8 Å². The maximum Gasteiger partial charge on any atom is 0.306 e. The molecule has 0 saturated carbocycles. The third-order valence-corrected chi connectivity index (χ3v) is 4.29. The minimum atomic E-state index is -0.380. The highest BCUT2D eigenvalue weighted by Gasteiger charge is 2.08. The van der Waals surface area contributed by atoms with Crippen LogP contribution in [0.25, 0.3) is 11.3 Å². The van der Waals surface area contributed by atoms with Crippen LogP contribution in [-0.2, 0) is 20.7 Å². The van der Waals surface area contributed by atoms with Gasteiger partial charge in [-0.05, 0) is 24.3 Å². The van der Waals surface area contributed by atoms with Crippen molar-refractivity contribution in [3.63, 3.8) is 0 Å². The van der Waals surface area contributed by atoms with Crippen LogP contribution in [0.1, 0.15) is 17.8 Å². The number of aromatic nitrogens is 1. The number of carbonyl (C=O) groups excluding carboxylic acids is 2. The van der Waals surface area contributed by atoms with Crippen molar-refractivity contribution < 1.29 is 19.1 Å². The number of hydrogen-bond donors (Lipinski definition) is 1. The summed E-state index contributed by atoms with van der Waals surface area (Å²) in [6.45, 7) is 0.496. The number of ether oxygens (including phenoxy) is 2. The van der Waals surface area contributed by atoms with E-state index in [1.165, 1.54) is 7.11 Å². The van der Waals surface area contributed by atoms with E-state index in [0.29, 0.717) is 13.0 Å². The Balaban J connectivity index is 1.79. The monoisotopic (exact) mass is 348 g/mol. The highest BCUT2D eigenvalue weighted by atomic mass is 32.1. The van der Waals surface area contributed by atoms with E-state index < -0.39 is 0 Å². The molecule has 1 aromatic heterocycles. The molecule has 0 aliphatic heterocycles. The van der Waals surface area contributed by atoms with Gasteiger partial charge in [0.15, 0.2) is 0 Å². The molecular weight excluding hydrogens is 328 g/mol. The van der Waals surface area contributed by atoms with E-state index in [-0.39, 0.29) is 24.7 Å². The van der Waals surface area contributed by atoms with Crippen LogP contribution in [0.15, 0.2) is 29.6 Å². The molecule has 1 amide bonds. The molecule has 0 aliphatic rings. The highest BCUT2D eigenvalue weighted by molar-refractivity contribution is 7.09. The van der Waals surface area contributed by atoms with E-state index in [1.54, 1.807) is 18.4 Å². The zero-order valence-electron chi connectivity index (χ0n) is 13.7. The molecule has 0 saturated heterocycles. The van der Waals surface area contributed by atoms with E-state index in [2.05, 4.69) is 15.0 Å². The summed E-state index contributed by atoms with van der Waals surface area (Å²) in [6, 6.07) is 7.73. The molecule has 2 rings (SSSR count). The molecule has 0 spiro atoms. The summed E-state index contributed by atoms with van der Waals surface area (Å²) in [7, 11) is 2.94. The van der Waals surface area contributed by atoms with Crippen molar-refractivity contribution in [3.8, 4) is 17.0 Å². The predicted molar refractivity (Wildman–Crippen MR) is 92.1 cm³/mol. The second kappa shape index (κ2) is 9.02. The molecule has 1 heterocycles. The van der Waals surface area contributed by atoms with Gasteiger partial charge in [-0.2, -0.15) is 0 Å². The summed E-state index contributed by atoms with van der Waals surface area (Å²) >= 11 is 1.56. The molecule has 24 heavy (non-hydrogen) atoms. The standard InChI is InChI=1S/C17H20N2O4S/c1-22-13-5-3-12(4-6-13)14-11-24-16(19-14)9-10-18-15(20)7-8-17(21)23-2/h3-6,11H,7-10H2,1-2H3,(H,18,20). The smallest absolute Gasteiger partial charge is 0.306 e. The van der Waals surface area contributed by atoms with Crippen molar-refractivity contribution in [2.75, 3.05) is 20.8 Å². The third-order valence-electron chi connectivity index (χ3n) is 3.38. The number of benzene rings is 1. The molecule has 7 heteroatoms. The second-order valence-corrected chi connectivity index (χ2v) is 5.97. The Hall–Kier alpha value is -2.41. The Kier molecular flexibility index (Phi) is 6.74. The zero-order chi connectivity index (χ0) is 17.4. The Labute approximate surface area is 144 Å². The van der Waals surface area contributed by atoms with Gasteiger partial charge in [0.2, 0.25) is 5.91 Å². The summed E-state index contributed by atoms with van der Waals surface area (Å²) in [5, 5.41) is 5.73. The number of carbonyl (C=O) groups is 2. The van der Waals surface area contributed by atoms with Crippen molar-refractivity contribution in [2.45, 2.75) is 19.3 Å². The Morgan fingerprint density at radius 1 is 1.17 bits per heavy atom. The first-order valence-corrected chi connectivity index (χ1v) is 8.42. The van der Waals surface area contributed by atoms with Crippen LogP contribution in [-0.4, -0.2) is 37.6 Å². The minimum Gasteiger partial charge on any atom is -0.497 e.